The van der Waals surface area contributed by atoms with Gasteiger partial charge in [-0.2, -0.15) is 0 Å². The molecule has 1 amide bonds. The molecule has 1 aromatic rings. The second-order valence-electron chi connectivity index (χ2n) is 5.40. The first-order chi connectivity index (χ1) is 8.49. The predicted molar refractivity (Wildman–Crippen MR) is 74.9 cm³/mol. The van der Waals surface area contributed by atoms with Crippen LogP contribution < -0.4 is 5.32 Å². The zero-order valence-corrected chi connectivity index (χ0v) is 11.7. The molecule has 0 saturated carbocycles. The van der Waals surface area contributed by atoms with Gasteiger partial charge in [0.2, 0.25) is 5.91 Å². The molecule has 0 unspecified atom stereocenters. The molecule has 0 bridgehead atoms. The molecule has 1 aromatic carbocycles. The number of likely N-dealkylation sites (tertiary alicyclic amines) is 1. The first kappa shape index (κ1) is 13.1. The fraction of sp³-hybridized carbons (Fsp3) is 0.533. The van der Waals surface area contributed by atoms with Gasteiger partial charge >= 0.3 is 0 Å². The molecule has 1 heterocycles. The van der Waals surface area contributed by atoms with Crippen LogP contribution in [0.2, 0.25) is 0 Å². The lowest BCUT2D eigenvalue weighted by Crippen LogP contribution is -2.37. The van der Waals surface area contributed by atoms with Crippen molar-refractivity contribution in [3.63, 3.8) is 0 Å². The number of carbonyl (C=O) groups excluding carboxylic acids is 1. The van der Waals surface area contributed by atoms with Crippen LogP contribution in [0.15, 0.2) is 12.1 Å². The smallest absolute Gasteiger partial charge is 0.241 e. The van der Waals surface area contributed by atoms with Gasteiger partial charge in [-0.3, -0.25) is 9.69 Å². The molecule has 2 rings (SSSR count). The standard InChI is InChI=1S/C15H22N2O/c1-10-8-11(2)14(12(3)9-10)16-15(18)13-6-5-7-17(13)4/h8-9,13H,5-7H2,1-4H3,(H,16,18)/t13-/m1/s1. The van der Waals surface area contributed by atoms with E-state index in [1.54, 1.807) is 0 Å². The highest BCUT2D eigenvalue weighted by Gasteiger charge is 2.28. The average Bonchev–Trinajstić information content (AvgIpc) is 2.69. The van der Waals surface area contributed by atoms with E-state index >= 15 is 0 Å². The van der Waals surface area contributed by atoms with E-state index in [1.165, 1.54) is 5.56 Å². The largest absolute Gasteiger partial charge is 0.324 e. The Morgan fingerprint density at radius 1 is 1.28 bits per heavy atom. The van der Waals surface area contributed by atoms with Gasteiger partial charge in [-0.1, -0.05) is 17.7 Å². The van der Waals surface area contributed by atoms with Crippen LogP contribution in [0.5, 0.6) is 0 Å². The number of carbonyl (C=O) groups is 1. The summed E-state index contributed by atoms with van der Waals surface area (Å²) in [5, 5.41) is 3.10. The Hall–Kier alpha value is -1.35. The molecule has 1 aliphatic rings. The number of likely N-dealkylation sites (N-methyl/N-ethyl adjacent to an activating group) is 1. The maximum absolute atomic E-state index is 12.3. The second-order valence-corrected chi connectivity index (χ2v) is 5.40. The lowest BCUT2D eigenvalue weighted by Gasteiger charge is -2.20. The molecule has 98 valence electrons. The lowest BCUT2D eigenvalue weighted by atomic mass is 10.0. The number of anilines is 1. The van der Waals surface area contributed by atoms with Crippen LogP contribution in [-0.4, -0.2) is 30.4 Å². The van der Waals surface area contributed by atoms with Gasteiger partial charge in [-0.05, 0) is 58.3 Å². The fourth-order valence-electron chi connectivity index (χ4n) is 2.83. The Bertz CT molecular complexity index is 445. The Balaban J connectivity index is 2.17. The van der Waals surface area contributed by atoms with E-state index in [4.69, 9.17) is 0 Å². The van der Waals surface area contributed by atoms with Crippen molar-refractivity contribution in [2.24, 2.45) is 0 Å². The van der Waals surface area contributed by atoms with Crippen molar-refractivity contribution in [3.8, 4) is 0 Å². The minimum Gasteiger partial charge on any atom is -0.324 e. The van der Waals surface area contributed by atoms with E-state index < -0.39 is 0 Å². The van der Waals surface area contributed by atoms with Crippen LogP contribution in [0.1, 0.15) is 29.5 Å². The van der Waals surface area contributed by atoms with E-state index in [-0.39, 0.29) is 11.9 Å². The van der Waals surface area contributed by atoms with Gasteiger partial charge in [-0.15, -0.1) is 0 Å². The first-order valence-electron chi connectivity index (χ1n) is 6.58. The van der Waals surface area contributed by atoms with Crippen molar-refractivity contribution in [2.75, 3.05) is 18.9 Å². The van der Waals surface area contributed by atoms with Gasteiger partial charge in [0.15, 0.2) is 0 Å². The molecule has 0 radical (unpaired) electrons. The summed E-state index contributed by atoms with van der Waals surface area (Å²) < 4.78 is 0. The van der Waals surface area contributed by atoms with Gasteiger partial charge in [-0.25, -0.2) is 0 Å². The number of benzene rings is 1. The highest BCUT2D eigenvalue weighted by atomic mass is 16.2. The van der Waals surface area contributed by atoms with Crippen molar-refractivity contribution >= 4 is 11.6 Å². The Morgan fingerprint density at radius 3 is 2.39 bits per heavy atom. The molecule has 0 aromatic heterocycles. The normalized spacial score (nSPS) is 20.1. The summed E-state index contributed by atoms with van der Waals surface area (Å²) in [7, 11) is 2.02. The summed E-state index contributed by atoms with van der Waals surface area (Å²) in [4.78, 5) is 14.4. The Kier molecular flexibility index (Phi) is 3.71. The average molecular weight is 246 g/mol. The molecule has 0 spiro atoms. The van der Waals surface area contributed by atoms with Crippen LogP contribution in [0.25, 0.3) is 0 Å². The van der Waals surface area contributed by atoms with Gasteiger partial charge in [0.05, 0.1) is 6.04 Å². The zero-order valence-electron chi connectivity index (χ0n) is 11.7. The van der Waals surface area contributed by atoms with E-state index in [0.29, 0.717) is 0 Å². The van der Waals surface area contributed by atoms with E-state index in [0.717, 1.165) is 36.2 Å². The van der Waals surface area contributed by atoms with Crippen molar-refractivity contribution < 1.29 is 4.79 Å². The van der Waals surface area contributed by atoms with Crippen molar-refractivity contribution in [2.45, 2.75) is 39.7 Å². The molecule has 1 aliphatic heterocycles. The quantitative estimate of drug-likeness (QED) is 0.870. The molecule has 1 atom stereocenters. The summed E-state index contributed by atoms with van der Waals surface area (Å²) in [5.41, 5.74) is 4.50. The number of amides is 1. The van der Waals surface area contributed by atoms with E-state index in [1.807, 2.05) is 20.9 Å². The lowest BCUT2D eigenvalue weighted by molar-refractivity contribution is -0.119. The minimum absolute atomic E-state index is 0.0325. The van der Waals surface area contributed by atoms with Crippen LogP contribution in [-0.2, 0) is 4.79 Å². The molecule has 0 aliphatic carbocycles. The van der Waals surface area contributed by atoms with Crippen molar-refractivity contribution in [1.82, 2.24) is 4.90 Å². The topological polar surface area (TPSA) is 32.3 Å². The fourth-order valence-corrected chi connectivity index (χ4v) is 2.83. The second kappa shape index (κ2) is 5.11. The molecule has 1 fully saturated rings. The molecule has 18 heavy (non-hydrogen) atoms. The third-order valence-electron chi connectivity index (χ3n) is 3.75. The van der Waals surface area contributed by atoms with Gasteiger partial charge < -0.3 is 5.32 Å². The third kappa shape index (κ3) is 2.56. The van der Waals surface area contributed by atoms with Crippen LogP contribution in [0.4, 0.5) is 5.69 Å². The minimum atomic E-state index is 0.0325. The number of nitrogens with one attached hydrogen (secondary N) is 1. The number of hydrogen-bond acceptors (Lipinski definition) is 2. The molecule has 3 nitrogen and oxygen atoms in total. The SMILES string of the molecule is Cc1cc(C)c(NC(=O)[C@H]2CCCN2C)c(C)c1. The summed E-state index contributed by atoms with van der Waals surface area (Å²) in [6.07, 6.45) is 2.08. The Labute approximate surface area is 109 Å². The van der Waals surface area contributed by atoms with Crippen molar-refractivity contribution in [1.29, 1.82) is 0 Å². The van der Waals surface area contributed by atoms with E-state index in [2.05, 4.69) is 29.3 Å². The summed E-state index contributed by atoms with van der Waals surface area (Å²) in [6.45, 7) is 7.20. The third-order valence-corrected chi connectivity index (χ3v) is 3.75. The number of hydrogen-bond donors (Lipinski definition) is 1. The van der Waals surface area contributed by atoms with Crippen LogP contribution in [0, 0.1) is 20.8 Å². The first-order valence-corrected chi connectivity index (χ1v) is 6.58. The number of aryl methyl sites for hydroxylation is 3. The summed E-state index contributed by atoms with van der Waals surface area (Å²) in [6, 6.07) is 4.26. The predicted octanol–water partition coefficient (Wildman–Crippen LogP) is 2.64. The monoisotopic (exact) mass is 246 g/mol. The number of nitrogens with zero attached hydrogens (tertiary/aromatic N) is 1. The maximum atomic E-state index is 12.3. The van der Waals surface area contributed by atoms with Crippen molar-refractivity contribution in [3.05, 3.63) is 28.8 Å². The Morgan fingerprint density at radius 2 is 1.89 bits per heavy atom. The van der Waals surface area contributed by atoms with E-state index in [9.17, 15) is 4.79 Å². The molecular formula is C15H22N2O. The maximum Gasteiger partial charge on any atom is 0.241 e. The zero-order chi connectivity index (χ0) is 13.3. The van der Waals surface area contributed by atoms with Gasteiger partial charge in [0.25, 0.3) is 0 Å². The molecular weight excluding hydrogens is 224 g/mol. The van der Waals surface area contributed by atoms with Crippen LogP contribution >= 0.6 is 0 Å². The number of rotatable bonds is 2. The molecule has 3 heteroatoms. The van der Waals surface area contributed by atoms with Gasteiger partial charge in [0.1, 0.15) is 0 Å². The molecule has 1 saturated heterocycles. The highest BCUT2D eigenvalue weighted by molar-refractivity contribution is 5.96. The summed E-state index contributed by atoms with van der Waals surface area (Å²) >= 11 is 0. The summed E-state index contributed by atoms with van der Waals surface area (Å²) in [5.74, 6) is 0.130. The van der Waals surface area contributed by atoms with Gasteiger partial charge in [0, 0.05) is 5.69 Å². The van der Waals surface area contributed by atoms with Crippen LogP contribution in [0.3, 0.4) is 0 Å². The highest BCUT2D eigenvalue weighted by Crippen LogP contribution is 2.24. The molecule has 1 N–H and O–H groups in total.